The van der Waals surface area contributed by atoms with Gasteiger partial charge in [-0.3, -0.25) is 5.43 Å². The molecule has 0 saturated heterocycles. The van der Waals surface area contributed by atoms with Crippen LogP contribution in [0, 0.1) is 5.82 Å². The van der Waals surface area contributed by atoms with Crippen molar-refractivity contribution in [1.29, 1.82) is 0 Å². The minimum atomic E-state index is -3.88. The van der Waals surface area contributed by atoms with Gasteiger partial charge in [-0.15, -0.1) is 16.9 Å². The van der Waals surface area contributed by atoms with Crippen molar-refractivity contribution in [2.45, 2.75) is 4.90 Å². The average molecular weight is 379 g/mol. The van der Waals surface area contributed by atoms with Gasteiger partial charge in [0.05, 0.1) is 10.5 Å². The fourth-order valence-electron chi connectivity index (χ4n) is 2.63. The number of rotatable bonds is 2. The van der Waals surface area contributed by atoms with Crippen LogP contribution in [0.15, 0.2) is 56.4 Å². The Hall–Kier alpha value is -2.43. The molecule has 0 amide bonds. The molecule has 1 aromatic carbocycles. The molecule has 0 spiro atoms. The first kappa shape index (κ1) is 16.1. The van der Waals surface area contributed by atoms with Gasteiger partial charge in [0.1, 0.15) is 16.7 Å². The number of hydrogen-bond donors (Lipinski definition) is 2. The van der Waals surface area contributed by atoms with Gasteiger partial charge < -0.3 is 4.90 Å². The molecule has 0 fully saturated rings. The van der Waals surface area contributed by atoms with Crippen molar-refractivity contribution in [3.05, 3.63) is 57.9 Å². The number of fused-ring (bicyclic) bond motifs is 3. The van der Waals surface area contributed by atoms with Crippen molar-refractivity contribution in [2.75, 3.05) is 19.1 Å². The van der Waals surface area contributed by atoms with Crippen LogP contribution in [0.25, 0.3) is 0 Å². The summed E-state index contributed by atoms with van der Waals surface area (Å²) >= 11 is 1.47. The molecule has 130 valence electrons. The Bertz CT molecular complexity index is 1010. The number of nitrogens with one attached hydrogen (secondary N) is 2. The number of thiophene rings is 1. The summed E-state index contributed by atoms with van der Waals surface area (Å²) in [4.78, 5) is 6.35. The molecular weight excluding hydrogens is 365 g/mol. The summed E-state index contributed by atoms with van der Waals surface area (Å²) in [6, 6.07) is 6.64. The molecule has 0 bridgehead atoms. The van der Waals surface area contributed by atoms with E-state index in [2.05, 4.69) is 16.0 Å². The zero-order valence-electron chi connectivity index (χ0n) is 13.3. The van der Waals surface area contributed by atoms with Crippen LogP contribution in [0.1, 0.15) is 5.56 Å². The minimum absolute atomic E-state index is 0.00821. The summed E-state index contributed by atoms with van der Waals surface area (Å²) in [5, 5.41) is 4.28. The number of nitrogens with zero attached hydrogens (tertiary/aromatic N) is 3. The second-order valence-electron chi connectivity index (χ2n) is 5.65. The van der Waals surface area contributed by atoms with Crippen LogP contribution in [-0.2, 0) is 9.84 Å². The third-order valence-corrected chi connectivity index (χ3v) is 6.43. The van der Waals surface area contributed by atoms with E-state index in [-0.39, 0.29) is 15.7 Å². The topological polar surface area (TPSA) is 77.0 Å². The van der Waals surface area contributed by atoms with Crippen LogP contribution in [0.3, 0.4) is 0 Å². The largest absolute Gasteiger partial charge is 0.362 e. The third kappa shape index (κ3) is 2.41. The highest BCUT2D eigenvalue weighted by Gasteiger charge is 2.38. The molecule has 25 heavy (non-hydrogen) atoms. The Balaban J connectivity index is 1.89. The van der Waals surface area contributed by atoms with E-state index in [1.54, 1.807) is 5.01 Å². The molecule has 2 aliphatic heterocycles. The van der Waals surface area contributed by atoms with Gasteiger partial charge >= 0.3 is 0 Å². The zero-order valence-corrected chi connectivity index (χ0v) is 14.9. The van der Waals surface area contributed by atoms with E-state index in [0.717, 1.165) is 22.7 Å². The van der Waals surface area contributed by atoms with E-state index >= 15 is 0 Å². The molecule has 0 aliphatic carbocycles. The van der Waals surface area contributed by atoms with E-state index < -0.39 is 15.7 Å². The smallest absolute Gasteiger partial charge is 0.226 e. The standard InChI is InChI=1S/C15H14FN5O2S2/c1-20(2)12-11-7-8-24-15(11)21-13(17-12)14(18-19-21)25(22,23)10-5-3-9(16)4-6-10/h3-8,18-19H,1-2H3. The molecule has 0 atom stereocenters. The quantitative estimate of drug-likeness (QED) is 0.773. The average Bonchev–Trinajstić information content (AvgIpc) is 3.20. The molecule has 3 heterocycles. The van der Waals surface area contributed by atoms with Crippen LogP contribution >= 0.6 is 11.3 Å². The van der Waals surface area contributed by atoms with Gasteiger partial charge in [-0.25, -0.2) is 22.8 Å². The first-order chi connectivity index (χ1) is 11.9. The fourth-order valence-corrected chi connectivity index (χ4v) is 4.77. The lowest BCUT2D eigenvalue weighted by molar-refractivity contribution is 0.591. The molecule has 0 saturated carbocycles. The maximum atomic E-state index is 13.1. The summed E-state index contributed by atoms with van der Waals surface area (Å²) in [7, 11) is -0.189. The van der Waals surface area contributed by atoms with Crippen LogP contribution in [0.4, 0.5) is 9.39 Å². The van der Waals surface area contributed by atoms with Gasteiger partial charge in [0.15, 0.2) is 10.9 Å². The summed E-state index contributed by atoms with van der Waals surface area (Å²) in [6.45, 7) is 0. The highest BCUT2D eigenvalue weighted by Crippen LogP contribution is 2.38. The second kappa shape index (κ2) is 5.55. The summed E-state index contributed by atoms with van der Waals surface area (Å²) in [5.41, 5.74) is 6.45. The predicted molar refractivity (Wildman–Crippen MR) is 93.9 cm³/mol. The van der Waals surface area contributed by atoms with E-state index in [1.807, 2.05) is 30.4 Å². The number of aliphatic imine (C=N–C) groups is 1. The molecule has 2 aromatic rings. The molecule has 1 aromatic heterocycles. The summed E-state index contributed by atoms with van der Waals surface area (Å²) < 4.78 is 39.0. The van der Waals surface area contributed by atoms with E-state index in [1.165, 1.54) is 23.5 Å². The summed E-state index contributed by atoms with van der Waals surface area (Å²) in [5.74, 6) is 0.423. The molecule has 4 rings (SSSR count). The molecule has 10 heteroatoms. The molecule has 0 radical (unpaired) electrons. The van der Waals surface area contributed by atoms with Gasteiger partial charge in [-0.05, 0) is 35.7 Å². The van der Waals surface area contributed by atoms with Crippen molar-refractivity contribution in [2.24, 2.45) is 4.99 Å². The van der Waals surface area contributed by atoms with Gasteiger partial charge in [0.2, 0.25) is 9.84 Å². The minimum Gasteiger partial charge on any atom is -0.362 e. The lowest BCUT2D eigenvalue weighted by Crippen LogP contribution is -2.41. The van der Waals surface area contributed by atoms with E-state index in [9.17, 15) is 12.8 Å². The van der Waals surface area contributed by atoms with E-state index in [4.69, 9.17) is 0 Å². The number of anilines is 1. The normalized spacial score (nSPS) is 16.3. The maximum absolute atomic E-state index is 13.1. The molecule has 2 aliphatic rings. The number of hydrazine groups is 2. The summed E-state index contributed by atoms with van der Waals surface area (Å²) in [6.07, 6.45) is 0. The Morgan fingerprint density at radius 1 is 1.20 bits per heavy atom. The Labute approximate surface area is 147 Å². The highest BCUT2D eigenvalue weighted by atomic mass is 32.2. The van der Waals surface area contributed by atoms with Crippen LogP contribution in [0.5, 0.6) is 0 Å². The predicted octanol–water partition coefficient (Wildman–Crippen LogP) is 1.64. The first-order valence-electron chi connectivity index (χ1n) is 7.30. The van der Waals surface area contributed by atoms with Crippen molar-refractivity contribution >= 4 is 32.0 Å². The van der Waals surface area contributed by atoms with Gasteiger partial charge in [0.25, 0.3) is 0 Å². The van der Waals surface area contributed by atoms with Crippen LogP contribution in [-0.4, -0.2) is 33.2 Å². The van der Waals surface area contributed by atoms with Crippen molar-refractivity contribution in [3.63, 3.8) is 0 Å². The van der Waals surface area contributed by atoms with Gasteiger partial charge in [-0.1, -0.05) is 0 Å². The lowest BCUT2D eigenvalue weighted by Gasteiger charge is -2.26. The highest BCUT2D eigenvalue weighted by molar-refractivity contribution is 7.95. The van der Waals surface area contributed by atoms with Crippen molar-refractivity contribution in [3.8, 4) is 0 Å². The number of halogens is 1. The first-order valence-corrected chi connectivity index (χ1v) is 9.66. The molecule has 7 nitrogen and oxygen atoms in total. The maximum Gasteiger partial charge on any atom is 0.226 e. The second-order valence-corrected chi connectivity index (χ2v) is 8.43. The number of benzene rings is 1. The molecular formula is C15H14FN5O2S2. The third-order valence-electron chi connectivity index (χ3n) is 3.81. The van der Waals surface area contributed by atoms with Gasteiger partial charge in [-0.2, -0.15) is 0 Å². The lowest BCUT2D eigenvalue weighted by atomic mass is 10.2. The van der Waals surface area contributed by atoms with Crippen LogP contribution in [0.2, 0.25) is 0 Å². The Morgan fingerprint density at radius 3 is 2.60 bits per heavy atom. The fraction of sp³-hybridized carbons (Fsp3) is 0.133. The van der Waals surface area contributed by atoms with E-state index in [0.29, 0.717) is 5.84 Å². The number of sulfone groups is 1. The number of hydrogen-bond acceptors (Lipinski definition) is 8. The Kier molecular flexibility index (Phi) is 3.56. The van der Waals surface area contributed by atoms with Gasteiger partial charge in [0, 0.05) is 14.1 Å². The molecule has 2 N–H and O–H groups in total. The molecule has 0 unspecified atom stereocenters. The Morgan fingerprint density at radius 2 is 1.92 bits per heavy atom. The zero-order chi connectivity index (χ0) is 17.8. The van der Waals surface area contributed by atoms with Crippen LogP contribution < -0.4 is 16.0 Å². The van der Waals surface area contributed by atoms with Crippen molar-refractivity contribution in [1.82, 2.24) is 15.9 Å². The number of amidine groups is 1. The monoisotopic (exact) mass is 379 g/mol. The SMILES string of the molecule is CN(C)C1=NC2=C(S(=O)(=O)c3ccc(F)cc3)NNN2c2sccc21. The van der Waals surface area contributed by atoms with Crippen molar-refractivity contribution < 1.29 is 12.8 Å².